The van der Waals surface area contributed by atoms with Gasteiger partial charge in [-0.15, -0.1) is 11.3 Å². The van der Waals surface area contributed by atoms with E-state index in [0.717, 1.165) is 31.9 Å². The second-order valence-electron chi connectivity index (χ2n) is 6.54. The lowest BCUT2D eigenvalue weighted by Crippen LogP contribution is -2.48. The van der Waals surface area contributed by atoms with Crippen LogP contribution in [0.2, 0.25) is 10.0 Å². The lowest BCUT2D eigenvalue weighted by molar-refractivity contribution is -0.142. The molecule has 1 aliphatic heterocycles. The molecule has 2 heterocycles. The van der Waals surface area contributed by atoms with Crippen molar-refractivity contribution in [2.45, 2.75) is 13.3 Å². The van der Waals surface area contributed by atoms with Crippen molar-refractivity contribution in [3.05, 3.63) is 39.3 Å². The van der Waals surface area contributed by atoms with Crippen molar-refractivity contribution in [3.8, 4) is 0 Å². The van der Waals surface area contributed by atoms with Crippen LogP contribution in [0.15, 0.2) is 23.6 Å². The fourth-order valence-corrected chi connectivity index (χ4v) is 4.03. The third-order valence-corrected chi connectivity index (χ3v) is 5.98. The van der Waals surface area contributed by atoms with Crippen molar-refractivity contribution in [2.24, 2.45) is 0 Å². The third kappa shape index (κ3) is 6.30. The molecule has 0 atom stereocenters. The second-order valence-corrected chi connectivity index (χ2v) is 8.21. The van der Waals surface area contributed by atoms with Gasteiger partial charge in [0, 0.05) is 37.2 Å². The molecular formula is C19H22Cl2N4O3S. The van der Waals surface area contributed by atoms with E-state index in [1.54, 1.807) is 18.4 Å². The van der Waals surface area contributed by atoms with E-state index >= 15 is 0 Å². The molecule has 156 valence electrons. The molecule has 1 aromatic carbocycles. The Morgan fingerprint density at radius 2 is 1.97 bits per heavy atom. The molecular weight excluding hydrogens is 435 g/mol. The highest BCUT2D eigenvalue weighted by Crippen LogP contribution is 2.27. The van der Waals surface area contributed by atoms with Crippen LogP contribution in [0, 0.1) is 0 Å². The summed E-state index contributed by atoms with van der Waals surface area (Å²) in [6.45, 7) is 5.51. The first-order chi connectivity index (χ1) is 13.9. The molecule has 1 aromatic heterocycles. The van der Waals surface area contributed by atoms with Crippen molar-refractivity contribution in [2.75, 3.05) is 49.5 Å². The van der Waals surface area contributed by atoms with Gasteiger partial charge >= 0.3 is 5.97 Å². The van der Waals surface area contributed by atoms with Crippen LogP contribution in [0.1, 0.15) is 12.6 Å². The standard InChI is InChI=1S/C19H22Cl2N4O3S/c1-2-28-18(27)9-13-12-29-19(22-13)23-17(26)11-24-5-7-25(8-6-24)14-3-4-15(20)16(21)10-14/h3-4,10,12H,2,5-9,11H2,1H3,(H,22,23,26). The fourth-order valence-electron chi connectivity index (χ4n) is 3.01. The van der Waals surface area contributed by atoms with Crippen molar-refractivity contribution in [3.63, 3.8) is 0 Å². The fraction of sp³-hybridized carbons (Fsp3) is 0.421. The first kappa shape index (κ1) is 21.8. The molecule has 0 spiro atoms. The van der Waals surface area contributed by atoms with Crippen molar-refractivity contribution in [1.29, 1.82) is 0 Å². The number of aromatic nitrogens is 1. The number of piperazine rings is 1. The zero-order valence-corrected chi connectivity index (χ0v) is 18.3. The molecule has 7 nitrogen and oxygen atoms in total. The number of nitrogens with one attached hydrogen (secondary N) is 1. The van der Waals surface area contributed by atoms with E-state index in [0.29, 0.717) is 34.0 Å². The lowest BCUT2D eigenvalue weighted by atomic mass is 10.2. The van der Waals surface area contributed by atoms with Crippen LogP contribution in [0.4, 0.5) is 10.8 Å². The van der Waals surface area contributed by atoms with Crippen LogP contribution < -0.4 is 10.2 Å². The molecule has 1 amide bonds. The van der Waals surface area contributed by atoms with E-state index in [9.17, 15) is 9.59 Å². The maximum Gasteiger partial charge on any atom is 0.311 e. The number of carbonyl (C=O) groups is 2. The largest absolute Gasteiger partial charge is 0.466 e. The monoisotopic (exact) mass is 456 g/mol. The van der Waals surface area contributed by atoms with E-state index in [2.05, 4.69) is 20.1 Å². The van der Waals surface area contributed by atoms with E-state index in [1.807, 2.05) is 12.1 Å². The molecule has 1 aliphatic rings. The van der Waals surface area contributed by atoms with Crippen LogP contribution >= 0.6 is 34.5 Å². The Morgan fingerprint density at radius 3 is 2.66 bits per heavy atom. The van der Waals surface area contributed by atoms with Gasteiger partial charge in [-0.3, -0.25) is 14.5 Å². The summed E-state index contributed by atoms with van der Waals surface area (Å²) < 4.78 is 4.90. The van der Waals surface area contributed by atoms with Gasteiger partial charge in [-0.2, -0.15) is 0 Å². The van der Waals surface area contributed by atoms with Crippen molar-refractivity contribution in [1.82, 2.24) is 9.88 Å². The average Bonchev–Trinajstić information content (AvgIpc) is 3.11. The Hall–Kier alpha value is -1.87. The second kappa shape index (κ2) is 10.2. The Kier molecular flexibility index (Phi) is 7.71. The number of halogens is 2. The number of ether oxygens (including phenoxy) is 1. The lowest BCUT2D eigenvalue weighted by Gasteiger charge is -2.35. The summed E-state index contributed by atoms with van der Waals surface area (Å²) in [6.07, 6.45) is 0.108. The molecule has 2 aromatic rings. The Morgan fingerprint density at radius 1 is 1.21 bits per heavy atom. The minimum atomic E-state index is -0.324. The third-order valence-electron chi connectivity index (χ3n) is 4.44. The van der Waals surface area contributed by atoms with Crippen LogP contribution in [-0.4, -0.2) is 61.1 Å². The van der Waals surface area contributed by atoms with Crippen molar-refractivity contribution >= 4 is 57.2 Å². The van der Waals surface area contributed by atoms with E-state index < -0.39 is 0 Å². The number of nitrogens with zero attached hydrogens (tertiary/aromatic N) is 3. The predicted molar refractivity (Wildman–Crippen MR) is 116 cm³/mol. The maximum atomic E-state index is 12.3. The summed E-state index contributed by atoms with van der Waals surface area (Å²) in [7, 11) is 0. The van der Waals surface area contributed by atoms with Gasteiger partial charge in [-0.1, -0.05) is 23.2 Å². The van der Waals surface area contributed by atoms with E-state index in [4.69, 9.17) is 27.9 Å². The molecule has 0 bridgehead atoms. The first-order valence-electron chi connectivity index (χ1n) is 9.27. The SMILES string of the molecule is CCOC(=O)Cc1csc(NC(=O)CN2CCN(c3ccc(Cl)c(Cl)c3)CC2)n1. The van der Waals surface area contributed by atoms with Gasteiger partial charge in [0.2, 0.25) is 5.91 Å². The topological polar surface area (TPSA) is 74.8 Å². The van der Waals surface area contributed by atoms with Gasteiger partial charge < -0.3 is 15.0 Å². The highest BCUT2D eigenvalue weighted by Gasteiger charge is 2.20. The molecule has 3 rings (SSSR count). The zero-order chi connectivity index (χ0) is 20.8. The number of anilines is 2. The summed E-state index contributed by atoms with van der Waals surface area (Å²) in [5.41, 5.74) is 1.62. The summed E-state index contributed by atoms with van der Waals surface area (Å²) in [4.78, 5) is 32.4. The smallest absolute Gasteiger partial charge is 0.311 e. The predicted octanol–water partition coefficient (Wildman–Crippen LogP) is 3.32. The van der Waals surface area contributed by atoms with Gasteiger partial charge in [-0.05, 0) is 25.1 Å². The zero-order valence-electron chi connectivity index (χ0n) is 16.0. The Balaban J connectivity index is 1.44. The van der Waals surface area contributed by atoms with Gasteiger partial charge in [-0.25, -0.2) is 4.98 Å². The van der Waals surface area contributed by atoms with E-state index in [-0.39, 0.29) is 18.3 Å². The minimum Gasteiger partial charge on any atom is -0.466 e. The first-order valence-corrected chi connectivity index (χ1v) is 10.9. The number of thiazole rings is 1. The summed E-state index contributed by atoms with van der Waals surface area (Å²) in [6, 6.07) is 5.61. The van der Waals surface area contributed by atoms with Gasteiger partial charge in [0.1, 0.15) is 0 Å². The van der Waals surface area contributed by atoms with Crippen molar-refractivity contribution < 1.29 is 14.3 Å². The maximum absolute atomic E-state index is 12.3. The molecule has 29 heavy (non-hydrogen) atoms. The highest BCUT2D eigenvalue weighted by atomic mass is 35.5. The number of rotatable bonds is 7. The number of esters is 1. The number of benzene rings is 1. The molecule has 10 heteroatoms. The minimum absolute atomic E-state index is 0.108. The normalized spacial score (nSPS) is 14.7. The molecule has 1 fully saturated rings. The van der Waals surface area contributed by atoms with Crippen LogP contribution in [-0.2, 0) is 20.7 Å². The highest BCUT2D eigenvalue weighted by molar-refractivity contribution is 7.13. The molecule has 1 N–H and O–H groups in total. The van der Waals surface area contributed by atoms with Gasteiger partial charge in [0.15, 0.2) is 5.13 Å². The summed E-state index contributed by atoms with van der Waals surface area (Å²) in [5, 5.41) is 6.12. The Labute approximate surface area is 183 Å². The quantitative estimate of drug-likeness (QED) is 0.644. The van der Waals surface area contributed by atoms with Crippen LogP contribution in [0.25, 0.3) is 0 Å². The average molecular weight is 457 g/mol. The molecule has 0 unspecified atom stereocenters. The molecule has 0 radical (unpaired) electrons. The Bertz CT molecular complexity index is 869. The molecule has 0 saturated carbocycles. The molecule has 0 aliphatic carbocycles. The number of hydrogen-bond donors (Lipinski definition) is 1. The van der Waals surface area contributed by atoms with Gasteiger partial charge in [0.25, 0.3) is 0 Å². The van der Waals surface area contributed by atoms with Crippen LogP contribution in [0.3, 0.4) is 0 Å². The number of hydrogen-bond acceptors (Lipinski definition) is 7. The molecule has 1 saturated heterocycles. The van der Waals surface area contributed by atoms with Crippen LogP contribution in [0.5, 0.6) is 0 Å². The number of amides is 1. The summed E-state index contributed by atoms with van der Waals surface area (Å²) in [5.74, 6) is -0.444. The number of carbonyl (C=O) groups excluding carboxylic acids is 2. The van der Waals surface area contributed by atoms with E-state index in [1.165, 1.54) is 11.3 Å². The summed E-state index contributed by atoms with van der Waals surface area (Å²) >= 11 is 13.4. The van der Waals surface area contributed by atoms with Gasteiger partial charge in [0.05, 0.1) is 35.3 Å².